The second-order valence-corrected chi connectivity index (χ2v) is 4.42. The van der Waals surface area contributed by atoms with Gasteiger partial charge in [-0.05, 0) is 30.0 Å². The fourth-order valence-electron chi connectivity index (χ4n) is 1.47. The molecule has 0 amide bonds. The zero-order valence-corrected chi connectivity index (χ0v) is 9.88. The van der Waals surface area contributed by atoms with Crippen LogP contribution in [0.15, 0.2) is 22.9 Å². The molecule has 0 bridgehead atoms. The number of aromatic nitrogens is 2. The highest BCUT2D eigenvalue weighted by molar-refractivity contribution is 7.08. The van der Waals surface area contributed by atoms with Crippen molar-refractivity contribution in [1.29, 1.82) is 0 Å². The van der Waals surface area contributed by atoms with Crippen LogP contribution in [0.25, 0.3) is 11.3 Å². The summed E-state index contributed by atoms with van der Waals surface area (Å²) in [5, 5.41) is 12.6. The fraction of sp³-hybridized carbons (Fsp3) is 0.273. The van der Waals surface area contributed by atoms with Gasteiger partial charge in [0.1, 0.15) is 0 Å². The molecule has 0 unspecified atom stereocenters. The molecule has 0 aliphatic rings. The van der Waals surface area contributed by atoms with E-state index in [0.29, 0.717) is 0 Å². The predicted octanol–water partition coefficient (Wildman–Crippen LogP) is 2.58. The van der Waals surface area contributed by atoms with Crippen molar-refractivity contribution in [2.75, 3.05) is 19.0 Å². The smallest absolute Gasteiger partial charge is 0.153 e. The molecule has 2 aromatic heterocycles. The normalized spacial score (nSPS) is 10.3. The number of nitrogens with zero attached hydrogens (tertiary/aromatic N) is 3. The molecule has 4 heteroatoms. The predicted molar refractivity (Wildman–Crippen MR) is 64.4 cm³/mol. The molecule has 0 saturated heterocycles. The van der Waals surface area contributed by atoms with Crippen LogP contribution in [-0.2, 0) is 0 Å². The molecule has 0 atom stereocenters. The fourth-order valence-corrected chi connectivity index (χ4v) is 2.12. The SMILES string of the molecule is Cc1cc(-c2ccsc2)nnc1N(C)C. The Bertz CT molecular complexity index is 449. The van der Waals surface area contributed by atoms with Crippen molar-refractivity contribution in [3.63, 3.8) is 0 Å². The van der Waals surface area contributed by atoms with Crippen LogP contribution < -0.4 is 4.90 Å². The summed E-state index contributed by atoms with van der Waals surface area (Å²) in [5.41, 5.74) is 3.23. The summed E-state index contributed by atoms with van der Waals surface area (Å²) in [6.45, 7) is 2.06. The number of aryl methyl sites for hydroxylation is 1. The third kappa shape index (κ3) is 1.99. The first-order valence-corrected chi connectivity index (χ1v) is 5.67. The van der Waals surface area contributed by atoms with Gasteiger partial charge >= 0.3 is 0 Å². The summed E-state index contributed by atoms with van der Waals surface area (Å²) in [7, 11) is 3.95. The molecule has 0 N–H and O–H groups in total. The molecule has 0 spiro atoms. The van der Waals surface area contributed by atoms with Crippen molar-refractivity contribution >= 4 is 17.2 Å². The summed E-state index contributed by atoms with van der Waals surface area (Å²) < 4.78 is 0. The first-order valence-electron chi connectivity index (χ1n) is 4.72. The summed E-state index contributed by atoms with van der Waals surface area (Å²) in [6.07, 6.45) is 0. The number of hydrogen-bond donors (Lipinski definition) is 0. The van der Waals surface area contributed by atoms with Crippen molar-refractivity contribution in [2.45, 2.75) is 6.92 Å². The Hall–Kier alpha value is -1.42. The van der Waals surface area contributed by atoms with E-state index >= 15 is 0 Å². The lowest BCUT2D eigenvalue weighted by molar-refractivity contribution is 0.954. The van der Waals surface area contributed by atoms with Crippen molar-refractivity contribution in [2.24, 2.45) is 0 Å². The van der Waals surface area contributed by atoms with E-state index in [-0.39, 0.29) is 0 Å². The molecule has 0 aromatic carbocycles. The minimum atomic E-state index is 0.925. The summed E-state index contributed by atoms with van der Waals surface area (Å²) >= 11 is 1.67. The van der Waals surface area contributed by atoms with Crippen LogP contribution in [-0.4, -0.2) is 24.3 Å². The van der Waals surface area contributed by atoms with Crippen LogP contribution in [0.2, 0.25) is 0 Å². The molecule has 0 saturated carbocycles. The van der Waals surface area contributed by atoms with Crippen LogP contribution in [0.5, 0.6) is 0 Å². The molecular formula is C11H13N3S. The zero-order chi connectivity index (χ0) is 10.8. The number of hydrogen-bond acceptors (Lipinski definition) is 4. The van der Waals surface area contributed by atoms with E-state index in [1.807, 2.05) is 24.4 Å². The molecule has 0 aliphatic carbocycles. The maximum Gasteiger partial charge on any atom is 0.153 e. The standard InChI is InChI=1S/C11H13N3S/c1-8-6-10(9-4-5-15-7-9)12-13-11(8)14(2)3/h4-7H,1-3H3. The van der Waals surface area contributed by atoms with Gasteiger partial charge in [-0.3, -0.25) is 0 Å². The minimum absolute atomic E-state index is 0.925. The van der Waals surface area contributed by atoms with Crippen molar-refractivity contribution in [3.05, 3.63) is 28.5 Å². The molecule has 2 aromatic rings. The van der Waals surface area contributed by atoms with E-state index in [9.17, 15) is 0 Å². The number of thiophene rings is 1. The lowest BCUT2D eigenvalue weighted by Gasteiger charge is -2.13. The lowest BCUT2D eigenvalue weighted by atomic mass is 10.2. The number of rotatable bonds is 2. The van der Waals surface area contributed by atoms with E-state index in [1.54, 1.807) is 11.3 Å². The Morgan fingerprint density at radius 3 is 2.60 bits per heavy atom. The van der Waals surface area contributed by atoms with Crippen LogP contribution >= 0.6 is 11.3 Å². The van der Waals surface area contributed by atoms with Crippen molar-refractivity contribution < 1.29 is 0 Å². The van der Waals surface area contributed by atoms with Gasteiger partial charge in [0.25, 0.3) is 0 Å². The Kier molecular flexibility index (Phi) is 2.68. The van der Waals surface area contributed by atoms with Gasteiger partial charge in [-0.2, -0.15) is 11.3 Å². The van der Waals surface area contributed by atoms with E-state index in [0.717, 1.165) is 22.6 Å². The van der Waals surface area contributed by atoms with E-state index in [1.165, 1.54) is 0 Å². The largest absolute Gasteiger partial charge is 0.361 e. The van der Waals surface area contributed by atoms with Gasteiger partial charge in [0.2, 0.25) is 0 Å². The molecule has 15 heavy (non-hydrogen) atoms. The highest BCUT2D eigenvalue weighted by atomic mass is 32.1. The first-order chi connectivity index (χ1) is 7.18. The Balaban J connectivity index is 2.42. The van der Waals surface area contributed by atoms with Crippen LogP contribution in [0, 0.1) is 6.92 Å². The second kappa shape index (κ2) is 3.98. The molecule has 0 fully saturated rings. The first kappa shape index (κ1) is 10.1. The van der Waals surface area contributed by atoms with E-state index < -0.39 is 0 Å². The average molecular weight is 219 g/mol. The third-order valence-corrected chi connectivity index (χ3v) is 2.88. The van der Waals surface area contributed by atoms with E-state index in [2.05, 4.69) is 34.6 Å². The summed E-state index contributed by atoms with van der Waals surface area (Å²) in [5.74, 6) is 0.925. The molecule has 3 nitrogen and oxygen atoms in total. The van der Waals surface area contributed by atoms with Crippen LogP contribution in [0.1, 0.15) is 5.56 Å². The van der Waals surface area contributed by atoms with Crippen LogP contribution in [0.3, 0.4) is 0 Å². The lowest BCUT2D eigenvalue weighted by Crippen LogP contribution is -2.13. The number of anilines is 1. The van der Waals surface area contributed by atoms with Gasteiger partial charge in [-0.25, -0.2) is 0 Å². The zero-order valence-electron chi connectivity index (χ0n) is 9.06. The van der Waals surface area contributed by atoms with Gasteiger partial charge in [0.15, 0.2) is 5.82 Å². The van der Waals surface area contributed by atoms with Gasteiger partial charge in [-0.1, -0.05) is 0 Å². The average Bonchev–Trinajstić information content (AvgIpc) is 2.69. The van der Waals surface area contributed by atoms with Gasteiger partial charge in [0, 0.05) is 25.0 Å². The molecular weight excluding hydrogens is 206 g/mol. The molecule has 0 radical (unpaired) electrons. The van der Waals surface area contributed by atoms with Gasteiger partial charge in [0.05, 0.1) is 5.69 Å². The van der Waals surface area contributed by atoms with Crippen LogP contribution in [0.4, 0.5) is 5.82 Å². The molecule has 2 rings (SSSR count). The Morgan fingerprint density at radius 2 is 2.07 bits per heavy atom. The maximum absolute atomic E-state index is 4.22. The van der Waals surface area contributed by atoms with Crippen molar-refractivity contribution in [3.8, 4) is 11.3 Å². The van der Waals surface area contributed by atoms with Gasteiger partial charge in [-0.15, -0.1) is 10.2 Å². The molecule has 0 aliphatic heterocycles. The topological polar surface area (TPSA) is 29.0 Å². The van der Waals surface area contributed by atoms with Gasteiger partial charge < -0.3 is 4.90 Å². The van der Waals surface area contributed by atoms with Crippen molar-refractivity contribution in [1.82, 2.24) is 10.2 Å². The molecule has 78 valence electrons. The Labute approximate surface area is 93.4 Å². The minimum Gasteiger partial charge on any atom is -0.361 e. The maximum atomic E-state index is 4.22. The summed E-state index contributed by atoms with van der Waals surface area (Å²) in [6, 6.07) is 4.13. The Morgan fingerprint density at radius 1 is 1.27 bits per heavy atom. The third-order valence-electron chi connectivity index (χ3n) is 2.20. The highest BCUT2D eigenvalue weighted by Gasteiger charge is 2.06. The van der Waals surface area contributed by atoms with E-state index in [4.69, 9.17) is 0 Å². The second-order valence-electron chi connectivity index (χ2n) is 3.64. The molecule has 2 heterocycles. The monoisotopic (exact) mass is 219 g/mol. The quantitative estimate of drug-likeness (QED) is 0.777. The summed E-state index contributed by atoms with van der Waals surface area (Å²) in [4.78, 5) is 1.97. The highest BCUT2D eigenvalue weighted by Crippen LogP contribution is 2.23.